The second-order valence-corrected chi connectivity index (χ2v) is 5.83. The molecule has 2 amide bonds. The zero-order valence-electron chi connectivity index (χ0n) is 11.7. The summed E-state index contributed by atoms with van der Waals surface area (Å²) >= 11 is 0. The van der Waals surface area contributed by atoms with Gasteiger partial charge >= 0.3 is 6.09 Å². The molecular formula is C15H19NO3. The quantitative estimate of drug-likeness (QED) is 0.730. The molecule has 1 aromatic rings. The summed E-state index contributed by atoms with van der Waals surface area (Å²) in [6.07, 6.45) is -0.565. The molecule has 0 aromatic heterocycles. The Hall–Kier alpha value is -1.84. The fraction of sp³-hybridized carbons (Fsp3) is 0.467. The molecule has 1 saturated heterocycles. The second kappa shape index (κ2) is 4.68. The van der Waals surface area contributed by atoms with Crippen molar-refractivity contribution < 1.29 is 14.3 Å². The van der Waals surface area contributed by atoms with Gasteiger partial charge < -0.3 is 4.74 Å². The molecule has 1 heterocycles. The molecule has 1 aromatic carbocycles. The smallest absolute Gasteiger partial charge is 0.417 e. The Kier molecular flexibility index (Phi) is 3.35. The fourth-order valence-corrected chi connectivity index (χ4v) is 2.24. The van der Waals surface area contributed by atoms with E-state index in [0.29, 0.717) is 0 Å². The molecule has 0 N–H and O–H groups in total. The number of β-lactam (4-membered cyclic amide) rings is 1. The van der Waals surface area contributed by atoms with Crippen LogP contribution in [0.4, 0.5) is 4.79 Å². The molecule has 1 fully saturated rings. The van der Waals surface area contributed by atoms with Gasteiger partial charge in [0, 0.05) is 0 Å². The minimum Gasteiger partial charge on any atom is -0.443 e. The number of carbonyl (C=O) groups is 2. The topological polar surface area (TPSA) is 46.6 Å². The van der Waals surface area contributed by atoms with Gasteiger partial charge in [-0.05, 0) is 26.3 Å². The molecule has 1 aliphatic rings. The van der Waals surface area contributed by atoms with Crippen molar-refractivity contribution in [1.82, 2.24) is 4.90 Å². The minimum atomic E-state index is -0.600. The summed E-state index contributed by atoms with van der Waals surface area (Å²) < 4.78 is 5.28. The predicted octanol–water partition coefficient (Wildman–Crippen LogP) is 3.14. The van der Waals surface area contributed by atoms with Gasteiger partial charge in [0.25, 0.3) is 0 Å². The Morgan fingerprint density at radius 1 is 1.21 bits per heavy atom. The zero-order chi connectivity index (χ0) is 14.2. The van der Waals surface area contributed by atoms with Crippen LogP contribution in [0.5, 0.6) is 0 Å². The van der Waals surface area contributed by atoms with E-state index in [-0.39, 0.29) is 17.9 Å². The first-order valence-corrected chi connectivity index (χ1v) is 6.42. The van der Waals surface area contributed by atoms with E-state index in [1.807, 2.05) is 37.3 Å². The third kappa shape index (κ3) is 2.62. The number of amides is 2. The van der Waals surface area contributed by atoms with Crippen molar-refractivity contribution in [3.63, 3.8) is 0 Å². The summed E-state index contributed by atoms with van der Waals surface area (Å²) in [5.41, 5.74) is 0.359. The van der Waals surface area contributed by atoms with E-state index < -0.39 is 11.7 Å². The molecule has 4 heteroatoms. The lowest BCUT2D eigenvalue weighted by Crippen LogP contribution is -2.57. The third-order valence-corrected chi connectivity index (χ3v) is 3.11. The number of likely N-dealkylation sites (tertiary alicyclic amines) is 1. The van der Waals surface area contributed by atoms with Gasteiger partial charge in [0.2, 0.25) is 5.91 Å². The highest BCUT2D eigenvalue weighted by Gasteiger charge is 2.50. The van der Waals surface area contributed by atoms with E-state index in [0.717, 1.165) is 5.56 Å². The van der Waals surface area contributed by atoms with Gasteiger partial charge in [0.15, 0.2) is 0 Å². The maximum atomic E-state index is 12.1. The lowest BCUT2D eigenvalue weighted by molar-refractivity contribution is -0.153. The molecule has 2 unspecified atom stereocenters. The number of imide groups is 1. The Morgan fingerprint density at radius 3 is 2.32 bits per heavy atom. The van der Waals surface area contributed by atoms with Crippen molar-refractivity contribution in [1.29, 1.82) is 0 Å². The summed E-state index contributed by atoms with van der Waals surface area (Å²) in [4.78, 5) is 25.2. The molecular weight excluding hydrogens is 242 g/mol. The van der Waals surface area contributed by atoms with Crippen LogP contribution < -0.4 is 0 Å². The van der Waals surface area contributed by atoms with Crippen LogP contribution >= 0.6 is 0 Å². The highest BCUT2D eigenvalue weighted by molar-refractivity contribution is 5.99. The van der Waals surface area contributed by atoms with Crippen LogP contribution in [-0.2, 0) is 9.53 Å². The Balaban J connectivity index is 2.20. The SMILES string of the molecule is CC1C(=O)N(C(=O)OC(C)(C)C)C1c1ccccc1. The number of rotatable bonds is 1. The molecule has 0 aliphatic carbocycles. The van der Waals surface area contributed by atoms with Gasteiger partial charge in [-0.15, -0.1) is 0 Å². The third-order valence-electron chi connectivity index (χ3n) is 3.11. The first-order chi connectivity index (χ1) is 8.81. The number of carbonyl (C=O) groups excluding carboxylic acids is 2. The van der Waals surface area contributed by atoms with Crippen LogP contribution in [0.25, 0.3) is 0 Å². The van der Waals surface area contributed by atoms with E-state index in [4.69, 9.17) is 4.74 Å². The summed E-state index contributed by atoms with van der Waals surface area (Å²) in [7, 11) is 0. The van der Waals surface area contributed by atoms with Crippen LogP contribution in [0.1, 0.15) is 39.3 Å². The first-order valence-electron chi connectivity index (χ1n) is 6.42. The lowest BCUT2D eigenvalue weighted by Gasteiger charge is -2.44. The number of hydrogen-bond acceptors (Lipinski definition) is 3. The highest BCUT2D eigenvalue weighted by Crippen LogP contribution is 2.40. The molecule has 1 aliphatic heterocycles. The van der Waals surface area contributed by atoms with Crippen molar-refractivity contribution >= 4 is 12.0 Å². The van der Waals surface area contributed by atoms with Crippen LogP contribution in [0, 0.1) is 5.92 Å². The first kappa shape index (κ1) is 13.6. The number of nitrogens with zero attached hydrogens (tertiary/aromatic N) is 1. The Morgan fingerprint density at radius 2 is 1.79 bits per heavy atom. The molecule has 0 bridgehead atoms. The average Bonchev–Trinajstić information content (AvgIpc) is 2.33. The van der Waals surface area contributed by atoms with Gasteiger partial charge in [-0.3, -0.25) is 4.79 Å². The Bertz CT molecular complexity index is 490. The van der Waals surface area contributed by atoms with E-state index in [1.165, 1.54) is 4.90 Å². The number of ether oxygens (including phenoxy) is 1. The summed E-state index contributed by atoms with van der Waals surface area (Å²) in [6, 6.07) is 9.34. The second-order valence-electron chi connectivity index (χ2n) is 5.83. The van der Waals surface area contributed by atoms with E-state index >= 15 is 0 Å². The monoisotopic (exact) mass is 261 g/mol. The summed E-state index contributed by atoms with van der Waals surface area (Å²) in [6.45, 7) is 7.20. The van der Waals surface area contributed by atoms with Crippen molar-refractivity contribution in [2.24, 2.45) is 5.92 Å². The molecule has 0 radical (unpaired) electrons. The normalized spacial score (nSPS) is 22.9. The van der Waals surface area contributed by atoms with Gasteiger partial charge in [-0.2, -0.15) is 0 Å². The van der Waals surface area contributed by atoms with E-state index in [9.17, 15) is 9.59 Å². The van der Waals surface area contributed by atoms with Crippen molar-refractivity contribution in [3.05, 3.63) is 35.9 Å². The molecule has 0 spiro atoms. The predicted molar refractivity (Wildman–Crippen MR) is 71.4 cm³/mol. The average molecular weight is 261 g/mol. The molecule has 102 valence electrons. The minimum absolute atomic E-state index is 0.178. The van der Waals surface area contributed by atoms with Gasteiger partial charge in [0.1, 0.15) is 5.60 Å². The molecule has 2 rings (SSSR count). The van der Waals surface area contributed by atoms with Gasteiger partial charge in [-0.25, -0.2) is 9.69 Å². The van der Waals surface area contributed by atoms with Crippen LogP contribution in [0.2, 0.25) is 0 Å². The van der Waals surface area contributed by atoms with Crippen molar-refractivity contribution in [3.8, 4) is 0 Å². The molecule has 4 nitrogen and oxygen atoms in total. The summed E-state index contributed by atoms with van der Waals surface area (Å²) in [5, 5.41) is 0. The maximum absolute atomic E-state index is 12.1. The lowest BCUT2D eigenvalue weighted by atomic mass is 9.84. The molecule has 2 atom stereocenters. The Labute approximate surface area is 113 Å². The fourth-order valence-electron chi connectivity index (χ4n) is 2.24. The van der Waals surface area contributed by atoms with Gasteiger partial charge in [-0.1, -0.05) is 37.3 Å². The van der Waals surface area contributed by atoms with Crippen molar-refractivity contribution in [2.45, 2.75) is 39.3 Å². The molecule has 19 heavy (non-hydrogen) atoms. The van der Waals surface area contributed by atoms with Crippen LogP contribution in [0.3, 0.4) is 0 Å². The summed E-state index contributed by atoms with van der Waals surface area (Å²) in [5.74, 6) is -0.363. The number of benzene rings is 1. The number of hydrogen-bond donors (Lipinski definition) is 0. The van der Waals surface area contributed by atoms with Crippen LogP contribution in [0.15, 0.2) is 30.3 Å². The van der Waals surface area contributed by atoms with Gasteiger partial charge in [0.05, 0.1) is 12.0 Å². The largest absolute Gasteiger partial charge is 0.443 e. The standard InChI is InChI=1S/C15H19NO3/c1-10-12(11-8-6-5-7-9-11)16(13(10)17)14(18)19-15(2,3)4/h5-10,12H,1-4H3. The van der Waals surface area contributed by atoms with E-state index in [2.05, 4.69) is 0 Å². The van der Waals surface area contributed by atoms with Crippen LogP contribution in [-0.4, -0.2) is 22.5 Å². The van der Waals surface area contributed by atoms with E-state index in [1.54, 1.807) is 20.8 Å². The molecule has 0 saturated carbocycles. The highest BCUT2D eigenvalue weighted by atomic mass is 16.6. The zero-order valence-corrected chi connectivity index (χ0v) is 11.7. The van der Waals surface area contributed by atoms with Crippen molar-refractivity contribution in [2.75, 3.05) is 0 Å². The maximum Gasteiger partial charge on any atom is 0.417 e.